The number of hydrogen-bond donors (Lipinski definition) is 1. The molecule has 0 spiro atoms. The van der Waals surface area contributed by atoms with Crippen molar-refractivity contribution in [1.29, 1.82) is 0 Å². The summed E-state index contributed by atoms with van der Waals surface area (Å²) in [5, 5.41) is 3.66. The highest BCUT2D eigenvalue weighted by Gasteiger charge is 2.52. The maximum absolute atomic E-state index is 3.66. The summed E-state index contributed by atoms with van der Waals surface area (Å²) in [7, 11) is 2.61. The average Bonchev–Trinajstić information content (AvgIpc) is 3.12. The predicted octanol–water partition coefficient (Wildman–Crippen LogP) is 6.15. The first-order valence-corrected chi connectivity index (χ1v) is 13.8. The number of benzene rings is 2. The molecule has 3 nitrogen and oxygen atoms in total. The van der Waals surface area contributed by atoms with Crippen molar-refractivity contribution in [3.63, 3.8) is 0 Å². The second-order valence-corrected chi connectivity index (χ2v) is 13.9. The molecule has 3 aliphatic rings. The van der Waals surface area contributed by atoms with E-state index in [0.717, 1.165) is 0 Å². The van der Waals surface area contributed by atoms with E-state index >= 15 is 0 Å². The largest absolute Gasteiger partial charge is 0.366 e. The van der Waals surface area contributed by atoms with Crippen LogP contribution in [0.3, 0.4) is 0 Å². The fourth-order valence-corrected chi connectivity index (χ4v) is 9.98. The van der Waals surface area contributed by atoms with Crippen LogP contribution in [-0.2, 0) is 0 Å². The normalized spacial score (nSPS) is 27.4. The minimum Gasteiger partial charge on any atom is -0.366 e. The van der Waals surface area contributed by atoms with Crippen LogP contribution in [0.15, 0.2) is 72.8 Å². The zero-order chi connectivity index (χ0) is 20.2. The van der Waals surface area contributed by atoms with Gasteiger partial charge in [-0.15, -0.1) is 0 Å². The van der Waals surface area contributed by atoms with Gasteiger partial charge in [0.1, 0.15) is 0 Å². The van der Waals surface area contributed by atoms with Crippen molar-refractivity contribution in [2.45, 2.75) is 31.1 Å². The molecule has 4 heteroatoms. The molecule has 1 saturated carbocycles. The fraction of sp³-hybridized carbons (Fsp3) is 0.360. The Bertz CT molecular complexity index is 932. The van der Waals surface area contributed by atoms with Crippen molar-refractivity contribution >= 4 is 31.0 Å². The Hall–Kier alpha value is -2.30. The number of allylic oxidation sites excluding steroid dienone is 3. The molecule has 1 fully saturated rings. The first kappa shape index (κ1) is 18.7. The maximum atomic E-state index is 3.66. The van der Waals surface area contributed by atoms with E-state index in [-0.39, 0.29) is 0 Å². The molecule has 2 aromatic rings. The zero-order valence-electron chi connectivity index (χ0n) is 17.8. The van der Waals surface area contributed by atoms with Gasteiger partial charge in [-0.1, -0.05) is 61.7 Å². The molecule has 1 heterocycles. The van der Waals surface area contributed by atoms with Crippen molar-refractivity contribution in [1.82, 2.24) is 4.90 Å². The molecule has 2 aliphatic carbocycles. The Balaban J connectivity index is 1.62. The smallest absolute Gasteiger partial charge is 0.160 e. The van der Waals surface area contributed by atoms with E-state index in [1.54, 1.807) is 0 Å². The molecule has 29 heavy (non-hydrogen) atoms. The number of para-hydroxylation sites is 4. The Morgan fingerprint density at radius 2 is 1.41 bits per heavy atom. The summed E-state index contributed by atoms with van der Waals surface area (Å²) in [5.41, 5.74) is 5.82. The molecule has 1 N–H and O–H groups in total. The van der Waals surface area contributed by atoms with Gasteiger partial charge >= 0.3 is 0 Å². The summed E-state index contributed by atoms with van der Waals surface area (Å²) in [4.78, 5) is 2.45. The van der Waals surface area contributed by atoms with Gasteiger partial charge in [-0.05, 0) is 62.2 Å². The molecule has 2 aromatic carbocycles. The highest BCUT2D eigenvalue weighted by molar-refractivity contribution is 6.84. The number of nitrogens with zero attached hydrogens (tertiary/aromatic N) is 2. The van der Waals surface area contributed by atoms with Crippen LogP contribution in [0.5, 0.6) is 0 Å². The molecule has 150 valence electrons. The van der Waals surface area contributed by atoms with Gasteiger partial charge < -0.3 is 14.8 Å². The molecule has 0 saturated heterocycles. The standard InChI is InChI=1S/C25H31N3Si/c1-27(2)24-17-25(19-12-6-5-11-18(19)24)29(3,4)28-22-15-9-7-13-20(22)26-21-14-8-10-16-23(21)28/h5-16,18-19,24-26H,17H2,1-4H3/t18-,19+,24+,25?/m1/s1. The van der Waals surface area contributed by atoms with Crippen LogP contribution >= 0.6 is 0 Å². The van der Waals surface area contributed by atoms with Gasteiger partial charge in [0.2, 0.25) is 0 Å². The summed E-state index contributed by atoms with van der Waals surface area (Å²) < 4.78 is 2.74. The molecule has 0 amide bonds. The molecule has 0 aromatic heterocycles. The minimum absolute atomic E-state index is 0.617. The molecule has 5 rings (SSSR count). The number of rotatable bonds is 3. The summed E-state index contributed by atoms with van der Waals surface area (Å²) >= 11 is 0. The monoisotopic (exact) mass is 401 g/mol. The highest BCUT2D eigenvalue weighted by atomic mass is 28.3. The van der Waals surface area contributed by atoms with Crippen molar-refractivity contribution in [2.24, 2.45) is 11.8 Å². The van der Waals surface area contributed by atoms with Gasteiger partial charge in [0.25, 0.3) is 0 Å². The van der Waals surface area contributed by atoms with Gasteiger partial charge in [0.05, 0.1) is 22.7 Å². The fourth-order valence-electron chi connectivity index (χ4n) is 5.93. The predicted molar refractivity (Wildman–Crippen MR) is 127 cm³/mol. The Kier molecular flexibility index (Phi) is 4.44. The maximum Gasteiger partial charge on any atom is 0.160 e. The van der Waals surface area contributed by atoms with Crippen LogP contribution in [0.25, 0.3) is 0 Å². The molecule has 0 radical (unpaired) electrons. The minimum atomic E-state index is -1.89. The molecule has 1 unspecified atom stereocenters. The van der Waals surface area contributed by atoms with Crippen molar-refractivity contribution in [3.8, 4) is 0 Å². The third-order valence-corrected chi connectivity index (χ3v) is 11.4. The lowest BCUT2D eigenvalue weighted by molar-refractivity contribution is 0.254. The molecule has 1 aliphatic heterocycles. The number of nitrogens with one attached hydrogen (secondary N) is 1. The number of hydrogen-bond acceptors (Lipinski definition) is 3. The second kappa shape index (κ2) is 6.89. The topological polar surface area (TPSA) is 18.5 Å². The number of fused-ring (bicyclic) bond motifs is 3. The lowest BCUT2D eigenvalue weighted by Gasteiger charge is -2.48. The van der Waals surface area contributed by atoms with Crippen LogP contribution in [0.1, 0.15) is 6.42 Å². The van der Waals surface area contributed by atoms with E-state index in [4.69, 9.17) is 0 Å². The van der Waals surface area contributed by atoms with Gasteiger partial charge in [0, 0.05) is 6.04 Å². The van der Waals surface area contributed by atoms with Gasteiger partial charge in [-0.3, -0.25) is 0 Å². The second-order valence-electron chi connectivity index (χ2n) is 9.45. The third kappa shape index (κ3) is 2.89. The molecule has 0 bridgehead atoms. The summed E-state index contributed by atoms with van der Waals surface area (Å²) in [6.45, 7) is 5.16. The SMILES string of the molecule is CN(C)[C@H]1CC([Si](C)(C)N2c3ccccc3Nc3ccccc32)[C@H]2C=CC=C[C@H]21. The molecular formula is C25H31N3Si. The summed E-state index contributed by atoms with van der Waals surface area (Å²) in [6, 6.07) is 18.2. The summed E-state index contributed by atoms with van der Waals surface area (Å²) in [5.74, 6) is 1.25. The van der Waals surface area contributed by atoms with Crippen molar-refractivity contribution in [3.05, 3.63) is 72.8 Å². The van der Waals surface area contributed by atoms with Gasteiger partial charge in [-0.25, -0.2) is 0 Å². The number of anilines is 4. The Labute approximate surface area is 175 Å². The highest BCUT2D eigenvalue weighted by Crippen LogP contribution is 2.56. The van der Waals surface area contributed by atoms with Crippen molar-refractivity contribution in [2.75, 3.05) is 24.0 Å². The zero-order valence-corrected chi connectivity index (χ0v) is 18.8. The van der Waals surface area contributed by atoms with E-state index in [1.807, 2.05) is 0 Å². The van der Waals surface area contributed by atoms with E-state index in [2.05, 4.69) is 115 Å². The van der Waals surface area contributed by atoms with Crippen LogP contribution in [0.2, 0.25) is 18.6 Å². The first-order valence-electron chi connectivity index (χ1n) is 10.7. The van der Waals surface area contributed by atoms with Crippen LogP contribution in [-0.4, -0.2) is 33.3 Å². The van der Waals surface area contributed by atoms with E-state index in [0.29, 0.717) is 23.4 Å². The van der Waals surface area contributed by atoms with Crippen LogP contribution in [0.4, 0.5) is 22.7 Å². The third-order valence-electron chi connectivity index (χ3n) is 7.33. The van der Waals surface area contributed by atoms with E-state index < -0.39 is 8.24 Å². The van der Waals surface area contributed by atoms with Gasteiger partial charge in [-0.2, -0.15) is 0 Å². The van der Waals surface area contributed by atoms with Crippen LogP contribution < -0.4 is 9.88 Å². The quantitative estimate of drug-likeness (QED) is 0.622. The van der Waals surface area contributed by atoms with E-state index in [9.17, 15) is 0 Å². The van der Waals surface area contributed by atoms with Crippen molar-refractivity contribution < 1.29 is 0 Å². The van der Waals surface area contributed by atoms with Crippen LogP contribution in [0, 0.1) is 11.8 Å². The average molecular weight is 402 g/mol. The van der Waals surface area contributed by atoms with E-state index in [1.165, 1.54) is 29.2 Å². The first-order chi connectivity index (χ1) is 14.0. The summed E-state index contributed by atoms with van der Waals surface area (Å²) in [6.07, 6.45) is 10.7. The molecular weight excluding hydrogens is 370 g/mol. The Morgan fingerprint density at radius 3 is 2.00 bits per heavy atom. The lowest BCUT2D eigenvalue weighted by atomic mass is 9.89. The molecule has 4 atom stereocenters. The lowest BCUT2D eigenvalue weighted by Crippen LogP contribution is -2.52. The Morgan fingerprint density at radius 1 is 0.862 bits per heavy atom. The van der Waals surface area contributed by atoms with Gasteiger partial charge in [0.15, 0.2) is 8.24 Å².